The summed E-state index contributed by atoms with van der Waals surface area (Å²) in [6.45, 7) is 1.19. The van der Waals surface area contributed by atoms with Crippen molar-refractivity contribution in [1.82, 2.24) is 14.9 Å². The molecule has 1 amide bonds. The number of hydrogen-bond donors (Lipinski definition) is 2. The number of nitrogens with zero attached hydrogens (tertiary/aromatic N) is 2. The normalized spacial score (nSPS) is 20.6. The summed E-state index contributed by atoms with van der Waals surface area (Å²) in [6.07, 6.45) is 3.60. The largest absolute Gasteiger partial charge is 0.396 e. The molecule has 3 aromatic rings. The van der Waals surface area contributed by atoms with Gasteiger partial charge in [-0.1, -0.05) is 12.1 Å². The first-order chi connectivity index (χ1) is 11.8. The first-order valence-electron chi connectivity index (χ1n) is 8.15. The van der Waals surface area contributed by atoms with E-state index in [0.29, 0.717) is 18.7 Å². The lowest BCUT2D eigenvalue weighted by molar-refractivity contribution is 0.0783. The average Bonchev–Trinajstić information content (AvgIpc) is 3.28. The van der Waals surface area contributed by atoms with E-state index >= 15 is 0 Å². The fraction of sp³-hybridized carbons (Fsp3) is 0.263. The number of aliphatic hydroxyl groups is 1. The molecule has 4 rings (SSSR count). The lowest BCUT2D eigenvalue weighted by Crippen LogP contribution is -2.29. The van der Waals surface area contributed by atoms with Gasteiger partial charge in [0.15, 0.2) is 0 Å². The summed E-state index contributed by atoms with van der Waals surface area (Å²) in [5.74, 6) is 0.108. The molecule has 1 aromatic carbocycles. The Labute approximate surface area is 139 Å². The maximum atomic E-state index is 13.0. The van der Waals surface area contributed by atoms with Crippen molar-refractivity contribution in [3.63, 3.8) is 0 Å². The Balaban J connectivity index is 1.63. The zero-order valence-corrected chi connectivity index (χ0v) is 13.2. The summed E-state index contributed by atoms with van der Waals surface area (Å²) in [5.41, 5.74) is 2.60. The number of pyridine rings is 1. The third-order valence-electron chi connectivity index (χ3n) is 4.86. The second kappa shape index (κ2) is 6.09. The highest BCUT2D eigenvalue weighted by Gasteiger charge is 2.37. The minimum Gasteiger partial charge on any atom is -0.396 e. The third-order valence-corrected chi connectivity index (χ3v) is 4.86. The van der Waals surface area contributed by atoms with Crippen molar-refractivity contribution in [3.8, 4) is 0 Å². The molecule has 1 saturated heterocycles. The minimum absolute atomic E-state index is 0.0112. The first kappa shape index (κ1) is 14.9. The second-order valence-corrected chi connectivity index (χ2v) is 6.26. The molecule has 2 atom stereocenters. The van der Waals surface area contributed by atoms with Gasteiger partial charge in [-0.2, -0.15) is 0 Å². The highest BCUT2D eigenvalue weighted by atomic mass is 16.3. The van der Waals surface area contributed by atoms with Crippen molar-refractivity contribution in [2.24, 2.45) is 5.92 Å². The Hall–Kier alpha value is -2.66. The van der Waals surface area contributed by atoms with Crippen molar-refractivity contribution in [1.29, 1.82) is 0 Å². The van der Waals surface area contributed by atoms with E-state index in [9.17, 15) is 9.90 Å². The molecule has 0 spiro atoms. The number of nitrogens with one attached hydrogen (secondary N) is 1. The number of carbonyl (C=O) groups is 1. The zero-order valence-electron chi connectivity index (χ0n) is 13.2. The van der Waals surface area contributed by atoms with Gasteiger partial charge in [0, 0.05) is 66.1 Å². The molecular formula is C19H19N3O2. The van der Waals surface area contributed by atoms with Crippen LogP contribution in [0.15, 0.2) is 54.9 Å². The third kappa shape index (κ3) is 2.47. The molecule has 5 heteroatoms. The summed E-state index contributed by atoms with van der Waals surface area (Å²) in [6, 6.07) is 13.4. The minimum atomic E-state index is 0.0112. The number of rotatable bonds is 3. The Morgan fingerprint density at radius 1 is 1.21 bits per heavy atom. The number of hydrogen-bond acceptors (Lipinski definition) is 3. The van der Waals surface area contributed by atoms with Crippen molar-refractivity contribution in [2.45, 2.75) is 5.92 Å². The molecule has 1 aliphatic rings. The molecule has 0 radical (unpaired) electrons. The van der Waals surface area contributed by atoms with Gasteiger partial charge in [-0.25, -0.2) is 0 Å². The van der Waals surface area contributed by atoms with E-state index in [1.165, 1.54) is 0 Å². The second-order valence-electron chi connectivity index (χ2n) is 6.26. The molecule has 0 unspecified atom stereocenters. The molecule has 5 nitrogen and oxygen atoms in total. The number of benzene rings is 1. The predicted molar refractivity (Wildman–Crippen MR) is 91.8 cm³/mol. The smallest absolute Gasteiger partial charge is 0.254 e. The van der Waals surface area contributed by atoms with E-state index in [1.807, 2.05) is 53.6 Å². The number of amides is 1. The van der Waals surface area contributed by atoms with Crippen molar-refractivity contribution >= 4 is 16.8 Å². The highest BCUT2D eigenvalue weighted by molar-refractivity contribution is 6.06. The van der Waals surface area contributed by atoms with E-state index in [-0.39, 0.29) is 24.3 Å². The number of fused-ring (bicyclic) bond motifs is 1. The van der Waals surface area contributed by atoms with Crippen LogP contribution >= 0.6 is 0 Å². The average molecular weight is 321 g/mol. The summed E-state index contributed by atoms with van der Waals surface area (Å²) in [5, 5.41) is 10.7. The van der Waals surface area contributed by atoms with Crippen LogP contribution in [0, 0.1) is 5.92 Å². The lowest BCUT2D eigenvalue weighted by Gasteiger charge is -2.17. The number of H-pyrrole nitrogens is 1. The van der Waals surface area contributed by atoms with Crippen molar-refractivity contribution in [3.05, 3.63) is 66.1 Å². The van der Waals surface area contributed by atoms with E-state index in [2.05, 4.69) is 9.97 Å². The molecule has 1 fully saturated rings. The van der Waals surface area contributed by atoms with Gasteiger partial charge in [0.05, 0.1) is 0 Å². The molecule has 0 aliphatic carbocycles. The van der Waals surface area contributed by atoms with Crippen LogP contribution < -0.4 is 0 Å². The molecule has 0 saturated carbocycles. The Kier molecular flexibility index (Phi) is 3.78. The van der Waals surface area contributed by atoms with Crippen LogP contribution in [0.2, 0.25) is 0 Å². The van der Waals surface area contributed by atoms with Crippen molar-refractivity contribution < 1.29 is 9.90 Å². The molecule has 2 aromatic heterocycles. The molecule has 2 N–H and O–H groups in total. The monoisotopic (exact) mass is 321 g/mol. The number of aliphatic hydroxyl groups excluding tert-OH is 1. The lowest BCUT2D eigenvalue weighted by atomic mass is 9.93. The number of carbonyl (C=O) groups excluding carboxylic acids is 1. The maximum Gasteiger partial charge on any atom is 0.254 e. The van der Waals surface area contributed by atoms with Crippen LogP contribution in [0.3, 0.4) is 0 Å². The van der Waals surface area contributed by atoms with Gasteiger partial charge in [0.1, 0.15) is 0 Å². The van der Waals surface area contributed by atoms with E-state index in [4.69, 9.17) is 0 Å². The quantitative estimate of drug-likeness (QED) is 0.778. The van der Waals surface area contributed by atoms with Crippen LogP contribution in [0.4, 0.5) is 0 Å². The van der Waals surface area contributed by atoms with Gasteiger partial charge in [0.2, 0.25) is 0 Å². The zero-order chi connectivity index (χ0) is 16.5. The van der Waals surface area contributed by atoms with E-state index < -0.39 is 0 Å². The summed E-state index contributed by atoms with van der Waals surface area (Å²) < 4.78 is 0. The van der Waals surface area contributed by atoms with Crippen LogP contribution in [-0.2, 0) is 0 Å². The van der Waals surface area contributed by atoms with Gasteiger partial charge < -0.3 is 15.0 Å². The molecule has 3 heterocycles. The highest BCUT2D eigenvalue weighted by Crippen LogP contribution is 2.32. The molecule has 122 valence electrons. The fourth-order valence-corrected chi connectivity index (χ4v) is 3.59. The number of aromatic amines is 1. The predicted octanol–water partition coefficient (Wildman–Crippen LogP) is 2.41. The van der Waals surface area contributed by atoms with Crippen LogP contribution in [0.1, 0.15) is 22.0 Å². The maximum absolute atomic E-state index is 13.0. The Morgan fingerprint density at radius 2 is 2.12 bits per heavy atom. The molecular weight excluding hydrogens is 302 g/mol. The molecule has 1 aliphatic heterocycles. The Morgan fingerprint density at radius 3 is 2.92 bits per heavy atom. The first-order valence-corrected chi connectivity index (χ1v) is 8.15. The van der Waals surface area contributed by atoms with Gasteiger partial charge in [-0.05, 0) is 30.3 Å². The van der Waals surface area contributed by atoms with E-state index in [0.717, 1.165) is 16.6 Å². The standard InChI is InChI=1S/C19H19N3O2/c23-12-13-10-22(11-16(13)18-5-1-2-8-20-18)19(24)15-4-3-6-17-14(15)7-9-21-17/h1-9,13,16,21,23H,10-12H2/t13-,16+/m0/s1. The van der Waals surface area contributed by atoms with Crippen LogP contribution in [0.5, 0.6) is 0 Å². The SMILES string of the molecule is O=C(c1cccc2[nH]ccc12)N1C[C@@H](CO)[C@H](c2ccccn2)C1. The molecule has 0 bridgehead atoms. The van der Waals surface area contributed by atoms with Crippen LogP contribution in [0.25, 0.3) is 10.9 Å². The summed E-state index contributed by atoms with van der Waals surface area (Å²) in [7, 11) is 0. The topological polar surface area (TPSA) is 69.2 Å². The number of likely N-dealkylation sites (tertiary alicyclic amines) is 1. The van der Waals surface area contributed by atoms with Crippen molar-refractivity contribution in [2.75, 3.05) is 19.7 Å². The Bertz CT molecular complexity index is 859. The number of aromatic nitrogens is 2. The van der Waals surface area contributed by atoms with E-state index in [1.54, 1.807) is 6.20 Å². The summed E-state index contributed by atoms with van der Waals surface area (Å²) in [4.78, 5) is 22.4. The molecule has 24 heavy (non-hydrogen) atoms. The van der Waals surface area contributed by atoms with Gasteiger partial charge in [0.25, 0.3) is 5.91 Å². The van der Waals surface area contributed by atoms with Crippen LogP contribution in [-0.4, -0.2) is 45.6 Å². The van der Waals surface area contributed by atoms with Gasteiger partial charge in [-0.3, -0.25) is 9.78 Å². The summed E-state index contributed by atoms with van der Waals surface area (Å²) >= 11 is 0. The van der Waals surface area contributed by atoms with Gasteiger partial charge >= 0.3 is 0 Å². The fourth-order valence-electron chi connectivity index (χ4n) is 3.59. The van der Waals surface area contributed by atoms with Gasteiger partial charge in [-0.15, -0.1) is 0 Å².